The Morgan fingerprint density at radius 3 is 2.47 bits per heavy atom. The minimum absolute atomic E-state index is 0.566. The molecule has 0 saturated carbocycles. The van der Waals surface area contributed by atoms with Crippen LogP contribution >= 0.6 is 0 Å². The van der Waals surface area contributed by atoms with Crippen LogP contribution in [0.3, 0.4) is 0 Å². The van der Waals surface area contributed by atoms with E-state index in [1.807, 2.05) is 0 Å². The van der Waals surface area contributed by atoms with E-state index >= 15 is 0 Å². The van der Waals surface area contributed by atoms with Gasteiger partial charge in [0.25, 0.3) is 0 Å². The van der Waals surface area contributed by atoms with Crippen LogP contribution in [0.1, 0.15) is 53.9 Å². The summed E-state index contributed by atoms with van der Waals surface area (Å²) in [6.45, 7) is 10.9. The SMILES string of the molecule is CCCC1=C(C(C)CC)[N-]C(=C(C)C)N1. The van der Waals surface area contributed by atoms with E-state index in [-0.39, 0.29) is 0 Å². The highest BCUT2D eigenvalue weighted by atomic mass is 15.2. The van der Waals surface area contributed by atoms with Gasteiger partial charge in [0.1, 0.15) is 0 Å². The molecule has 1 unspecified atom stereocenters. The number of rotatable bonds is 4. The summed E-state index contributed by atoms with van der Waals surface area (Å²) in [5.74, 6) is 1.63. The fraction of sp³-hybridized carbons (Fsp3) is 0.692. The molecule has 2 heteroatoms. The normalized spacial score (nSPS) is 17.5. The second-order valence-electron chi connectivity index (χ2n) is 4.51. The van der Waals surface area contributed by atoms with Crippen molar-refractivity contribution in [1.29, 1.82) is 0 Å². The lowest BCUT2D eigenvalue weighted by Gasteiger charge is -2.19. The van der Waals surface area contributed by atoms with Gasteiger partial charge in [-0.3, -0.25) is 0 Å². The highest BCUT2D eigenvalue weighted by molar-refractivity contribution is 5.46. The Kier molecular flexibility index (Phi) is 4.25. The average molecular weight is 207 g/mol. The van der Waals surface area contributed by atoms with E-state index in [2.05, 4.69) is 39.9 Å². The standard InChI is InChI=1S/C13H23N2/c1-6-8-11-12(10(5)7-2)15-13(14-11)9(3)4/h10,14H,6-8H2,1-5H3/q-1. The highest BCUT2D eigenvalue weighted by Gasteiger charge is 2.13. The molecule has 0 fully saturated rings. The Balaban J connectivity index is 2.86. The zero-order valence-electron chi connectivity index (χ0n) is 10.6. The maximum absolute atomic E-state index is 4.71. The van der Waals surface area contributed by atoms with Crippen molar-refractivity contribution in [2.45, 2.75) is 53.9 Å². The molecule has 1 aliphatic heterocycles. The van der Waals surface area contributed by atoms with Gasteiger partial charge in [-0.15, -0.1) is 0 Å². The van der Waals surface area contributed by atoms with Crippen LogP contribution in [0.5, 0.6) is 0 Å². The molecule has 1 aliphatic rings. The zero-order valence-corrected chi connectivity index (χ0v) is 10.6. The summed E-state index contributed by atoms with van der Waals surface area (Å²) < 4.78 is 0. The lowest BCUT2D eigenvalue weighted by Crippen LogP contribution is -2.07. The monoisotopic (exact) mass is 207 g/mol. The molecule has 2 nitrogen and oxygen atoms in total. The third kappa shape index (κ3) is 2.77. The predicted molar refractivity (Wildman–Crippen MR) is 66.3 cm³/mol. The highest BCUT2D eigenvalue weighted by Crippen LogP contribution is 2.34. The van der Waals surface area contributed by atoms with Gasteiger partial charge in [0, 0.05) is 0 Å². The Morgan fingerprint density at radius 2 is 2.00 bits per heavy atom. The molecule has 15 heavy (non-hydrogen) atoms. The molecule has 0 radical (unpaired) electrons. The van der Waals surface area contributed by atoms with Crippen LogP contribution in [0.25, 0.3) is 5.32 Å². The average Bonchev–Trinajstić information content (AvgIpc) is 2.61. The Labute approximate surface area is 93.8 Å². The summed E-state index contributed by atoms with van der Waals surface area (Å²) in [4.78, 5) is 0. The number of hydrogen-bond acceptors (Lipinski definition) is 1. The zero-order chi connectivity index (χ0) is 11.4. The lowest BCUT2D eigenvalue weighted by atomic mass is 10.0. The molecule has 1 rings (SSSR count). The molecule has 0 aromatic rings. The van der Waals surface area contributed by atoms with Crippen LogP contribution in [0.2, 0.25) is 0 Å². The number of hydrogen-bond donors (Lipinski definition) is 1. The molecule has 0 spiro atoms. The third-order valence-electron chi connectivity index (χ3n) is 2.86. The second-order valence-corrected chi connectivity index (χ2v) is 4.51. The molecule has 1 heterocycles. The van der Waals surface area contributed by atoms with Crippen molar-refractivity contribution in [1.82, 2.24) is 5.32 Å². The van der Waals surface area contributed by atoms with Crippen molar-refractivity contribution >= 4 is 0 Å². The maximum atomic E-state index is 4.71. The first-order valence-electron chi connectivity index (χ1n) is 5.99. The van der Waals surface area contributed by atoms with E-state index < -0.39 is 0 Å². The molecule has 0 aliphatic carbocycles. The van der Waals surface area contributed by atoms with Crippen molar-refractivity contribution in [3.63, 3.8) is 0 Å². The van der Waals surface area contributed by atoms with E-state index in [1.165, 1.54) is 23.4 Å². The van der Waals surface area contributed by atoms with E-state index in [4.69, 9.17) is 5.32 Å². The first-order valence-corrected chi connectivity index (χ1v) is 5.99. The molecule has 0 aromatic heterocycles. The summed E-state index contributed by atoms with van der Waals surface area (Å²) in [6, 6.07) is 0. The fourth-order valence-electron chi connectivity index (χ4n) is 1.70. The Hall–Kier alpha value is -0.920. The summed E-state index contributed by atoms with van der Waals surface area (Å²) in [5.41, 5.74) is 3.88. The maximum Gasteiger partial charge on any atom is -0.0232 e. The van der Waals surface area contributed by atoms with Gasteiger partial charge >= 0.3 is 0 Å². The van der Waals surface area contributed by atoms with Gasteiger partial charge in [0.15, 0.2) is 0 Å². The minimum atomic E-state index is 0.566. The molecule has 0 aromatic carbocycles. The van der Waals surface area contributed by atoms with E-state index in [0.717, 1.165) is 18.7 Å². The third-order valence-corrected chi connectivity index (χ3v) is 2.86. The first kappa shape index (κ1) is 12.2. The van der Waals surface area contributed by atoms with Gasteiger partial charge in [-0.25, -0.2) is 0 Å². The molecule has 0 amide bonds. The van der Waals surface area contributed by atoms with Crippen molar-refractivity contribution in [3.05, 3.63) is 28.1 Å². The van der Waals surface area contributed by atoms with Gasteiger partial charge in [-0.05, 0) is 32.6 Å². The predicted octanol–water partition coefficient (Wildman–Crippen LogP) is 4.27. The lowest BCUT2D eigenvalue weighted by molar-refractivity contribution is 0.654. The van der Waals surface area contributed by atoms with Crippen LogP contribution in [0.4, 0.5) is 0 Å². The van der Waals surface area contributed by atoms with Gasteiger partial charge in [-0.1, -0.05) is 50.0 Å². The van der Waals surface area contributed by atoms with Crippen molar-refractivity contribution in [2.75, 3.05) is 0 Å². The second kappa shape index (κ2) is 5.24. The summed E-state index contributed by atoms with van der Waals surface area (Å²) in [6.07, 6.45) is 3.44. The summed E-state index contributed by atoms with van der Waals surface area (Å²) in [7, 11) is 0. The number of nitrogens with zero attached hydrogens (tertiary/aromatic N) is 1. The topological polar surface area (TPSA) is 26.1 Å². The molecule has 0 bridgehead atoms. The van der Waals surface area contributed by atoms with Gasteiger partial charge in [0.2, 0.25) is 0 Å². The van der Waals surface area contributed by atoms with E-state index in [9.17, 15) is 0 Å². The summed E-state index contributed by atoms with van der Waals surface area (Å²) in [5, 5.41) is 8.16. The van der Waals surface area contributed by atoms with Crippen molar-refractivity contribution < 1.29 is 0 Å². The van der Waals surface area contributed by atoms with Crippen molar-refractivity contribution in [3.8, 4) is 0 Å². The van der Waals surface area contributed by atoms with Gasteiger partial charge in [0.05, 0.1) is 0 Å². The van der Waals surface area contributed by atoms with Crippen LogP contribution in [-0.4, -0.2) is 0 Å². The molecule has 1 N–H and O–H groups in total. The van der Waals surface area contributed by atoms with Gasteiger partial charge in [-0.2, -0.15) is 0 Å². The summed E-state index contributed by atoms with van der Waals surface area (Å²) >= 11 is 0. The first-order chi connectivity index (χ1) is 7.10. The van der Waals surface area contributed by atoms with Crippen LogP contribution in [0.15, 0.2) is 22.8 Å². The molecule has 86 valence electrons. The quantitative estimate of drug-likeness (QED) is 0.732. The molecule has 0 saturated heterocycles. The Bertz CT molecular complexity index is 283. The minimum Gasteiger partial charge on any atom is -0.460 e. The number of allylic oxidation sites excluding steroid dienone is 3. The molecule has 1 atom stereocenters. The molecular formula is C13H23N2-. The molecular weight excluding hydrogens is 184 g/mol. The fourth-order valence-corrected chi connectivity index (χ4v) is 1.70. The van der Waals surface area contributed by atoms with Crippen molar-refractivity contribution in [2.24, 2.45) is 5.92 Å². The van der Waals surface area contributed by atoms with Gasteiger partial charge < -0.3 is 10.6 Å². The van der Waals surface area contributed by atoms with E-state index in [0.29, 0.717) is 5.92 Å². The smallest absolute Gasteiger partial charge is 0.0232 e. The van der Waals surface area contributed by atoms with E-state index in [1.54, 1.807) is 0 Å². The van der Waals surface area contributed by atoms with Crippen LogP contribution < -0.4 is 5.32 Å². The van der Waals surface area contributed by atoms with Crippen LogP contribution in [0, 0.1) is 5.92 Å². The number of nitrogens with one attached hydrogen (secondary N) is 1. The van der Waals surface area contributed by atoms with Crippen LogP contribution in [-0.2, 0) is 0 Å². The largest absolute Gasteiger partial charge is 0.460 e. The Morgan fingerprint density at radius 1 is 1.33 bits per heavy atom.